The number of nitrogens with zero attached hydrogens (tertiary/aromatic N) is 3. The van der Waals surface area contributed by atoms with Crippen LogP contribution < -0.4 is 10.2 Å². The molecule has 5 nitrogen and oxygen atoms in total. The number of hydrogen-bond acceptors (Lipinski definition) is 4. The zero-order chi connectivity index (χ0) is 19.5. The number of benzene rings is 2. The minimum atomic E-state index is -0.140. The smallest absolute Gasteiger partial charge is 0.273 e. The maximum Gasteiger partial charge on any atom is 0.273 e. The van der Waals surface area contributed by atoms with Crippen molar-refractivity contribution in [3.8, 4) is 11.3 Å². The number of imidazole rings is 1. The van der Waals surface area contributed by atoms with Crippen LogP contribution in [0.5, 0.6) is 0 Å². The predicted molar refractivity (Wildman–Crippen MR) is 116 cm³/mol. The Hall–Kier alpha value is -3.12. The Morgan fingerprint density at radius 1 is 1.07 bits per heavy atom. The summed E-state index contributed by atoms with van der Waals surface area (Å²) in [6, 6.07) is 17.9. The normalized spacial score (nSPS) is 10.9. The summed E-state index contributed by atoms with van der Waals surface area (Å²) in [5.74, 6) is -0.140. The number of amides is 1. The minimum absolute atomic E-state index is 0.140. The zero-order valence-electron chi connectivity index (χ0n) is 15.9. The van der Waals surface area contributed by atoms with Crippen LogP contribution in [0.4, 0.5) is 11.4 Å². The van der Waals surface area contributed by atoms with Gasteiger partial charge in [0.15, 0.2) is 4.96 Å². The van der Waals surface area contributed by atoms with Crippen LogP contribution in [0.15, 0.2) is 66.2 Å². The summed E-state index contributed by atoms with van der Waals surface area (Å²) in [5, 5.41) is 4.83. The van der Waals surface area contributed by atoms with Crippen LogP contribution in [0.1, 0.15) is 24.3 Å². The van der Waals surface area contributed by atoms with Crippen LogP contribution in [0.2, 0.25) is 0 Å². The lowest BCUT2D eigenvalue weighted by molar-refractivity contribution is 0.102. The van der Waals surface area contributed by atoms with E-state index in [1.807, 2.05) is 70.6 Å². The third-order valence-corrected chi connectivity index (χ3v) is 5.60. The number of thiazole rings is 1. The third kappa shape index (κ3) is 3.51. The van der Waals surface area contributed by atoms with Crippen molar-refractivity contribution >= 4 is 33.6 Å². The standard InChI is InChI=1S/C22H22N4OS/c1-3-25(4-2)18-12-10-17(11-13-18)23-21(27)20-15-28-22-24-19(14-26(20)22)16-8-6-5-7-9-16/h5-15H,3-4H2,1-2H3,(H,23,27). The minimum Gasteiger partial charge on any atom is -0.372 e. The quantitative estimate of drug-likeness (QED) is 0.495. The van der Waals surface area contributed by atoms with Crippen molar-refractivity contribution in [2.45, 2.75) is 13.8 Å². The van der Waals surface area contributed by atoms with E-state index in [2.05, 4.69) is 29.0 Å². The summed E-state index contributed by atoms with van der Waals surface area (Å²) in [6.07, 6.45) is 1.92. The summed E-state index contributed by atoms with van der Waals surface area (Å²) in [6.45, 7) is 6.19. The second-order valence-corrected chi connectivity index (χ2v) is 7.28. The van der Waals surface area contributed by atoms with Gasteiger partial charge < -0.3 is 10.2 Å². The van der Waals surface area contributed by atoms with Gasteiger partial charge in [-0.3, -0.25) is 9.20 Å². The van der Waals surface area contributed by atoms with E-state index in [0.717, 1.165) is 40.7 Å². The summed E-state index contributed by atoms with van der Waals surface area (Å²) in [7, 11) is 0. The maximum absolute atomic E-state index is 12.8. The number of hydrogen-bond donors (Lipinski definition) is 1. The largest absolute Gasteiger partial charge is 0.372 e. The first-order valence-corrected chi connectivity index (χ1v) is 10.3. The molecule has 4 aromatic rings. The van der Waals surface area contributed by atoms with Gasteiger partial charge in [-0.2, -0.15) is 0 Å². The molecule has 6 heteroatoms. The molecule has 0 aliphatic carbocycles. The van der Waals surface area contributed by atoms with Crippen molar-refractivity contribution < 1.29 is 4.79 Å². The number of nitrogens with one attached hydrogen (secondary N) is 1. The molecule has 2 aromatic carbocycles. The Labute approximate surface area is 168 Å². The Morgan fingerprint density at radius 2 is 1.79 bits per heavy atom. The monoisotopic (exact) mass is 390 g/mol. The van der Waals surface area contributed by atoms with E-state index < -0.39 is 0 Å². The summed E-state index contributed by atoms with van der Waals surface area (Å²) >= 11 is 1.46. The molecule has 0 saturated carbocycles. The van der Waals surface area contributed by atoms with E-state index in [-0.39, 0.29) is 5.91 Å². The molecule has 0 aliphatic heterocycles. The van der Waals surface area contributed by atoms with Crippen LogP contribution in [-0.2, 0) is 0 Å². The van der Waals surface area contributed by atoms with Crippen molar-refractivity contribution in [3.05, 3.63) is 71.9 Å². The molecule has 1 amide bonds. The van der Waals surface area contributed by atoms with Crippen LogP contribution in [0, 0.1) is 0 Å². The lowest BCUT2D eigenvalue weighted by Crippen LogP contribution is -2.21. The van der Waals surface area contributed by atoms with Gasteiger partial charge in [-0.05, 0) is 38.1 Å². The van der Waals surface area contributed by atoms with Gasteiger partial charge in [-0.1, -0.05) is 30.3 Å². The Balaban J connectivity index is 1.55. The van der Waals surface area contributed by atoms with E-state index in [1.165, 1.54) is 11.3 Å². The molecule has 2 aromatic heterocycles. The molecule has 0 radical (unpaired) electrons. The highest BCUT2D eigenvalue weighted by Gasteiger charge is 2.15. The van der Waals surface area contributed by atoms with Crippen molar-refractivity contribution in [2.75, 3.05) is 23.3 Å². The molecule has 0 atom stereocenters. The molecule has 0 spiro atoms. The zero-order valence-corrected chi connectivity index (χ0v) is 16.7. The highest BCUT2D eigenvalue weighted by atomic mass is 32.1. The second-order valence-electron chi connectivity index (χ2n) is 6.44. The summed E-state index contributed by atoms with van der Waals surface area (Å²) < 4.78 is 1.85. The van der Waals surface area contributed by atoms with Gasteiger partial charge in [0.25, 0.3) is 5.91 Å². The van der Waals surface area contributed by atoms with Crippen molar-refractivity contribution in [1.29, 1.82) is 0 Å². The highest BCUT2D eigenvalue weighted by Crippen LogP contribution is 2.24. The lowest BCUT2D eigenvalue weighted by Gasteiger charge is -2.21. The molecule has 0 unspecified atom stereocenters. The molecule has 1 N–H and O–H groups in total. The fourth-order valence-electron chi connectivity index (χ4n) is 3.23. The lowest BCUT2D eigenvalue weighted by atomic mass is 10.2. The summed E-state index contributed by atoms with van der Waals surface area (Å²) in [4.78, 5) is 20.5. The Bertz CT molecular complexity index is 1080. The van der Waals surface area contributed by atoms with Crippen LogP contribution in [-0.4, -0.2) is 28.4 Å². The van der Waals surface area contributed by atoms with Gasteiger partial charge >= 0.3 is 0 Å². The average molecular weight is 391 g/mol. The Morgan fingerprint density at radius 3 is 2.46 bits per heavy atom. The second kappa shape index (κ2) is 7.86. The first kappa shape index (κ1) is 18.3. The molecule has 0 saturated heterocycles. The van der Waals surface area contributed by atoms with E-state index in [9.17, 15) is 4.79 Å². The topological polar surface area (TPSA) is 49.6 Å². The van der Waals surface area contributed by atoms with Gasteiger partial charge in [0.2, 0.25) is 0 Å². The predicted octanol–water partition coefficient (Wildman–Crippen LogP) is 5.16. The van der Waals surface area contributed by atoms with Gasteiger partial charge in [0, 0.05) is 41.6 Å². The molecule has 0 fully saturated rings. The third-order valence-electron chi connectivity index (χ3n) is 4.77. The van der Waals surface area contributed by atoms with E-state index in [0.29, 0.717) is 5.69 Å². The molecule has 142 valence electrons. The molecular formula is C22H22N4OS. The number of fused-ring (bicyclic) bond motifs is 1. The van der Waals surface area contributed by atoms with Gasteiger partial charge in [-0.15, -0.1) is 11.3 Å². The molecular weight excluding hydrogens is 368 g/mol. The number of aromatic nitrogens is 2. The fourth-order valence-corrected chi connectivity index (χ4v) is 4.09. The molecule has 2 heterocycles. The van der Waals surface area contributed by atoms with Crippen LogP contribution >= 0.6 is 11.3 Å². The van der Waals surface area contributed by atoms with E-state index >= 15 is 0 Å². The van der Waals surface area contributed by atoms with Gasteiger partial charge in [-0.25, -0.2) is 4.98 Å². The molecule has 4 rings (SSSR count). The van der Waals surface area contributed by atoms with Crippen LogP contribution in [0.3, 0.4) is 0 Å². The van der Waals surface area contributed by atoms with E-state index in [1.54, 1.807) is 0 Å². The maximum atomic E-state index is 12.8. The SMILES string of the molecule is CCN(CC)c1ccc(NC(=O)c2csc3nc(-c4ccccc4)cn23)cc1. The average Bonchev–Trinajstić information content (AvgIpc) is 3.31. The Kier molecular flexibility index (Phi) is 5.12. The molecule has 0 bridgehead atoms. The van der Waals surface area contributed by atoms with Crippen molar-refractivity contribution in [2.24, 2.45) is 0 Å². The summed E-state index contributed by atoms with van der Waals surface area (Å²) in [5.41, 5.74) is 4.43. The molecule has 0 aliphatic rings. The van der Waals surface area contributed by atoms with Crippen LogP contribution in [0.25, 0.3) is 16.2 Å². The number of carbonyl (C=O) groups excluding carboxylic acids is 1. The number of anilines is 2. The first-order valence-electron chi connectivity index (χ1n) is 9.38. The van der Waals surface area contributed by atoms with Gasteiger partial charge in [0.05, 0.1) is 5.69 Å². The van der Waals surface area contributed by atoms with Crippen molar-refractivity contribution in [3.63, 3.8) is 0 Å². The highest BCUT2D eigenvalue weighted by molar-refractivity contribution is 7.15. The van der Waals surface area contributed by atoms with Gasteiger partial charge in [0.1, 0.15) is 5.69 Å². The van der Waals surface area contributed by atoms with E-state index in [4.69, 9.17) is 0 Å². The fraction of sp³-hybridized carbons (Fsp3) is 0.182. The number of carbonyl (C=O) groups is 1. The molecule has 28 heavy (non-hydrogen) atoms. The first-order chi connectivity index (χ1) is 13.7. The number of rotatable bonds is 6. The van der Waals surface area contributed by atoms with Crippen molar-refractivity contribution in [1.82, 2.24) is 9.38 Å².